The van der Waals surface area contributed by atoms with E-state index in [-0.39, 0.29) is 6.09 Å². The first-order valence-corrected chi connectivity index (χ1v) is 7.88. The summed E-state index contributed by atoms with van der Waals surface area (Å²) in [6.45, 7) is 9.36. The number of aryl methyl sites for hydroxylation is 1. The highest BCUT2D eigenvalue weighted by molar-refractivity contribution is 5.67. The Morgan fingerprint density at radius 1 is 1.33 bits per heavy atom. The van der Waals surface area contributed by atoms with Crippen LogP contribution in [-0.4, -0.2) is 27.8 Å². The van der Waals surface area contributed by atoms with Gasteiger partial charge in [-0.3, -0.25) is 0 Å². The second kappa shape index (κ2) is 8.70. The van der Waals surface area contributed by atoms with Crippen LogP contribution in [0.15, 0.2) is 12.5 Å². The second-order valence-electron chi connectivity index (χ2n) is 6.32. The van der Waals surface area contributed by atoms with Gasteiger partial charge in [0.2, 0.25) is 0 Å². The van der Waals surface area contributed by atoms with Gasteiger partial charge in [-0.25, -0.2) is 9.78 Å². The van der Waals surface area contributed by atoms with E-state index in [0.717, 1.165) is 18.7 Å². The second-order valence-corrected chi connectivity index (χ2v) is 6.32. The molecule has 0 aliphatic carbocycles. The molecule has 0 fully saturated rings. The van der Waals surface area contributed by atoms with E-state index in [9.17, 15) is 4.79 Å². The van der Waals surface area contributed by atoms with Crippen LogP contribution in [0.2, 0.25) is 0 Å². The maximum Gasteiger partial charge on any atom is 0.407 e. The summed E-state index contributed by atoms with van der Waals surface area (Å²) in [5, 5.41) is 2.78. The molecule has 5 heteroatoms. The lowest BCUT2D eigenvalue weighted by Crippen LogP contribution is -2.33. The number of hydrogen-bond acceptors (Lipinski definition) is 3. The van der Waals surface area contributed by atoms with Gasteiger partial charge >= 0.3 is 6.09 Å². The summed E-state index contributed by atoms with van der Waals surface area (Å²) in [6, 6.07) is 0. The van der Waals surface area contributed by atoms with Gasteiger partial charge in [0.05, 0.1) is 6.33 Å². The summed E-state index contributed by atoms with van der Waals surface area (Å²) >= 11 is 0. The Kier molecular flexibility index (Phi) is 7.26. The number of nitrogens with zero attached hydrogens (tertiary/aromatic N) is 2. The minimum absolute atomic E-state index is 0.364. The van der Waals surface area contributed by atoms with Crippen molar-refractivity contribution in [1.82, 2.24) is 14.9 Å². The van der Waals surface area contributed by atoms with Crippen LogP contribution in [0.25, 0.3) is 0 Å². The number of aromatic nitrogens is 2. The highest BCUT2D eigenvalue weighted by atomic mass is 16.6. The number of alkyl carbamates (subject to hydrolysis) is 1. The number of amides is 1. The third-order valence-electron chi connectivity index (χ3n) is 3.10. The molecule has 1 heterocycles. The molecule has 0 spiro atoms. The first-order chi connectivity index (χ1) is 9.92. The summed E-state index contributed by atoms with van der Waals surface area (Å²) in [6.07, 6.45) is 9.11. The maximum atomic E-state index is 11.6. The van der Waals surface area contributed by atoms with Gasteiger partial charge in [0.25, 0.3) is 0 Å². The van der Waals surface area contributed by atoms with E-state index in [2.05, 4.69) is 21.8 Å². The summed E-state index contributed by atoms with van der Waals surface area (Å²) < 4.78 is 7.38. The number of carbonyl (C=O) groups excluding carboxylic acids is 1. The monoisotopic (exact) mass is 295 g/mol. The molecule has 5 nitrogen and oxygen atoms in total. The predicted molar refractivity (Wildman–Crippen MR) is 84.3 cm³/mol. The van der Waals surface area contributed by atoms with Crippen molar-refractivity contribution in [3.05, 3.63) is 18.2 Å². The fourth-order valence-corrected chi connectivity index (χ4v) is 2.07. The van der Waals surface area contributed by atoms with Crippen LogP contribution < -0.4 is 5.32 Å². The molecule has 0 atom stereocenters. The van der Waals surface area contributed by atoms with Crippen LogP contribution in [0.3, 0.4) is 0 Å². The van der Waals surface area contributed by atoms with Gasteiger partial charge in [0.1, 0.15) is 5.60 Å². The van der Waals surface area contributed by atoms with E-state index in [4.69, 9.17) is 4.74 Å². The molecule has 1 rings (SSSR count). The van der Waals surface area contributed by atoms with Crippen molar-refractivity contribution in [3.8, 4) is 0 Å². The van der Waals surface area contributed by atoms with Crippen molar-refractivity contribution < 1.29 is 9.53 Å². The van der Waals surface area contributed by atoms with Crippen LogP contribution in [0.1, 0.15) is 59.1 Å². The standard InChI is InChI=1S/C16H29N3O2/c1-5-6-7-8-11-19-13-17-12-14(19)9-10-18-15(20)21-16(2,3)4/h12-13H,5-11H2,1-4H3,(H,18,20). The summed E-state index contributed by atoms with van der Waals surface area (Å²) in [5.41, 5.74) is 0.702. The number of rotatable bonds is 8. The Labute approximate surface area is 128 Å². The Hall–Kier alpha value is -1.52. The molecule has 120 valence electrons. The molecule has 1 aromatic rings. The summed E-state index contributed by atoms with van der Waals surface area (Å²) in [4.78, 5) is 15.8. The molecule has 0 aliphatic heterocycles. The minimum atomic E-state index is -0.453. The molecule has 0 unspecified atom stereocenters. The predicted octanol–water partition coefficient (Wildman–Crippen LogP) is 3.53. The first kappa shape index (κ1) is 17.5. The molecule has 0 bridgehead atoms. The molecule has 0 radical (unpaired) electrons. The van der Waals surface area contributed by atoms with Crippen LogP contribution >= 0.6 is 0 Å². The minimum Gasteiger partial charge on any atom is -0.444 e. The van der Waals surface area contributed by atoms with Crippen molar-refractivity contribution in [2.24, 2.45) is 0 Å². The van der Waals surface area contributed by atoms with Gasteiger partial charge in [-0.05, 0) is 27.2 Å². The van der Waals surface area contributed by atoms with Crippen LogP contribution in [0.5, 0.6) is 0 Å². The van der Waals surface area contributed by atoms with E-state index in [0.29, 0.717) is 6.54 Å². The van der Waals surface area contributed by atoms with Crippen LogP contribution in [0, 0.1) is 0 Å². The van der Waals surface area contributed by atoms with Crippen LogP contribution in [-0.2, 0) is 17.7 Å². The zero-order chi connectivity index (χ0) is 15.7. The Morgan fingerprint density at radius 2 is 2.10 bits per heavy atom. The average Bonchev–Trinajstić information content (AvgIpc) is 2.80. The van der Waals surface area contributed by atoms with E-state index in [1.807, 2.05) is 33.3 Å². The summed E-state index contributed by atoms with van der Waals surface area (Å²) in [5.74, 6) is 0. The molecular formula is C16H29N3O2. The molecule has 1 N–H and O–H groups in total. The number of carbonyl (C=O) groups is 1. The third-order valence-corrected chi connectivity index (χ3v) is 3.10. The smallest absolute Gasteiger partial charge is 0.407 e. The summed E-state index contributed by atoms with van der Waals surface area (Å²) in [7, 11) is 0. The number of nitrogens with one attached hydrogen (secondary N) is 1. The molecule has 1 amide bonds. The van der Waals surface area contributed by atoms with Crippen molar-refractivity contribution in [2.75, 3.05) is 6.54 Å². The van der Waals surface area contributed by atoms with E-state index >= 15 is 0 Å². The average molecular weight is 295 g/mol. The number of hydrogen-bond donors (Lipinski definition) is 1. The third kappa shape index (κ3) is 7.73. The van der Waals surface area contributed by atoms with E-state index < -0.39 is 5.60 Å². The molecule has 0 aromatic carbocycles. The molecule has 0 aliphatic rings. The van der Waals surface area contributed by atoms with Gasteiger partial charge < -0.3 is 14.6 Å². The fraction of sp³-hybridized carbons (Fsp3) is 0.750. The Balaban J connectivity index is 2.29. The van der Waals surface area contributed by atoms with Crippen molar-refractivity contribution >= 4 is 6.09 Å². The number of ether oxygens (including phenoxy) is 1. The SMILES string of the molecule is CCCCCCn1cncc1CCNC(=O)OC(C)(C)C. The lowest BCUT2D eigenvalue weighted by atomic mass is 10.2. The van der Waals surface area contributed by atoms with Gasteiger partial charge in [-0.1, -0.05) is 26.2 Å². The zero-order valence-electron chi connectivity index (χ0n) is 13.8. The molecule has 0 saturated heterocycles. The highest BCUT2D eigenvalue weighted by Gasteiger charge is 2.15. The van der Waals surface area contributed by atoms with Gasteiger partial charge in [0.15, 0.2) is 0 Å². The van der Waals surface area contributed by atoms with Gasteiger partial charge in [-0.2, -0.15) is 0 Å². The topological polar surface area (TPSA) is 56.2 Å². The lowest BCUT2D eigenvalue weighted by Gasteiger charge is -2.19. The van der Waals surface area contributed by atoms with Crippen LogP contribution in [0.4, 0.5) is 4.79 Å². The van der Waals surface area contributed by atoms with Crippen molar-refractivity contribution in [1.29, 1.82) is 0 Å². The zero-order valence-corrected chi connectivity index (χ0v) is 13.8. The van der Waals surface area contributed by atoms with Gasteiger partial charge in [-0.15, -0.1) is 0 Å². The quantitative estimate of drug-likeness (QED) is 0.746. The molecule has 1 aromatic heterocycles. The normalized spacial score (nSPS) is 11.4. The maximum absolute atomic E-state index is 11.6. The van der Waals surface area contributed by atoms with E-state index in [1.165, 1.54) is 25.7 Å². The Bertz CT molecular complexity index is 421. The number of unbranched alkanes of at least 4 members (excludes halogenated alkanes) is 3. The van der Waals surface area contributed by atoms with Crippen molar-refractivity contribution in [2.45, 2.75) is 71.9 Å². The highest BCUT2D eigenvalue weighted by Crippen LogP contribution is 2.07. The molecular weight excluding hydrogens is 266 g/mol. The number of imidazole rings is 1. The Morgan fingerprint density at radius 3 is 2.76 bits per heavy atom. The largest absolute Gasteiger partial charge is 0.444 e. The lowest BCUT2D eigenvalue weighted by molar-refractivity contribution is 0.0528. The van der Waals surface area contributed by atoms with E-state index in [1.54, 1.807) is 0 Å². The molecule has 21 heavy (non-hydrogen) atoms. The van der Waals surface area contributed by atoms with Crippen molar-refractivity contribution in [3.63, 3.8) is 0 Å². The van der Waals surface area contributed by atoms with Gasteiger partial charge in [0, 0.05) is 31.4 Å². The fourth-order valence-electron chi connectivity index (χ4n) is 2.07. The molecule has 0 saturated carbocycles. The first-order valence-electron chi connectivity index (χ1n) is 7.88.